The third kappa shape index (κ3) is 6.61. The van der Waals surface area contributed by atoms with Crippen LogP contribution in [-0.4, -0.2) is 0 Å². The van der Waals surface area contributed by atoms with Crippen molar-refractivity contribution < 1.29 is 0 Å². The summed E-state index contributed by atoms with van der Waals surface area (Å²) in [5.74, 6) is 0. The van der Waals surface area contributed by atoms with Gasteiger partial charge >= 0.3 is 0 Å². The van der Waals surface area contributed by atoms with E-state index in [0.29, 0.717) is 0 Å². The van der Waals surface area contributed by atoms with Crippen molar-refractivity contribution in [3.8, 4) is 33.4 Å². The van der Waals surface area contributed by atoms with Gasteiger partial charge in [-0.3, -0.25) is 0 Å². The molecule has 0 spiro atoms. The van der Waals surface area contributed by atoms with Gasteiger partial charge in [0.05, 0.1) is 5.41 Å². The second kappa shape index (κ2) is 16.5. The molecule has 10 aromatic rings. The van der Waals surface area contributed by atoms with E-state index >= 15 is 0 Å². The van der Waals surface area contributed by atoms with Gasteiger partial charge in [-0.2, -0.15) is 0 Å². The SMILES string of the molecule is CC(C)(C)c1cccc(C2(c3cccc(C(C)(C)C)c3)c3ccccc3-c3cc(N(c4ccc5c(c4)C(C)(c4ccccc4)c4ccccc4-5)c4ccc5c(c4)C(C)(c4ccccc4)c4ccccc4-5)ccc32)c1. The van der Waals surface area contributed by atoms with Crippen LogP contribution in [0.25, 0.3) is 33.4 Å². The molecule has 1 nitrogen and oxygen atoms in total. The lowest BCUT2D eigenvalue weighted by Crippen LogP contribution is -2.30. The Morgan fingerprint density at radius 2 is 0.622 bits per heavy atom. The van der Waals surface area contributed by atoms with Crippen LogP contribution in [-0.2, 0) is 27.1 Å². The first-order valence-corrected chi connectivity index (χ1v) is 26.6. The summed E-state index contributed by atoms with van der Waals surface area (Å²) in [5, 5.41) is 0. The van der Waals surface area contributed by atoms with Gasteiger partial charge in [-0.05, 0) is 161 Å². The van der Waals surface area contributed by atoms with Crippen LogP contribution in [0.2, 0.25) is 0 Å². The number of nitrogens with zero attached hydrogens (tertiary/aromatic N) is 1. The zero-order chi connectivity index (χ0) is 50.8. The van der Waals surface area contributed by atoms with Crippen LogP contribution in [0, 0.1) is 0 Å². The molecule has 74 heavy (non-hydrogen) atoms. The highest BCUT2D eigenvalue weighted by molar-refractivity contribution is 5.93. The Labute approximate surface area is 438 Å². The molecule has 360 valence electrons. The Morgan fingerprint density at radius 3 is 1.08 bits per heavy atom. The van der Waals surface area contributed by atoms with Gasteiger partial charge in [-0.25, -0.2) is 0 Å². The van der Waals surface area contributed by atoms with E-state index in [1.165, 1.54) is 100 Å². The monoisotopic (exact) mass is 953 g/mol. The van der Waals surface area contributed by atoms with Crippen molar-refractivity contribution >= 4 is 17.1 Å². The van der Waals surface area contributed by atoms with Crippen LogP contribution in [0.5, 0.6) is 0 Å². The predicted molar refractivity (Wildman–Crippen MR) is 311 cm³/mol. The van der Waals surface area contributed by atoms with Crippen molar-refractivity contribution in [2.24, 2.45) is 0 Å². The fourth-order valence-electron chi connectivity index (χ4n) is 13.5. The molecule has 0 aliphatic heterocycles. The van der Waals surface area contributed by atoms with Gasteiger partial charge in [0.15, 0.2) is 0 Å². The summed E-state index contributed by atoms with van der Waals surface area (Å²) in [6.45, 7) is 18.8. The lowest BCUT2D eigenvalue weighted by molar-refractivity contribution is 0.585. The summed E-state index contributed by atoms with van der Waals surface area (Å²) in [7, 11) is 0. The summed E-state index contributed by atoms with van der Waals surface area (Å²) >= 11 is 0. The van der Waals surface area contributed by atoms with E-state index < -0.39 is 5.41 Å². The van der Waals surface area contributed by atoms with E-state index in [-0.39, 0.29) is 21.7 Å². The molecule has 0 heterocycles. The van der Waals surface area contributed by atoms with Crippen LogP contribution in [0.15, 0.2) is 237 Å². The fourth-order valence-corrected chi connectivity index (χ4v) is 13.5. The number of hydrogen-bond donors (Lipinski definition) is 0. The van der Waals surface area contributed by atoms with Gasteiger partial charge in [-0.1, -0.05) is 242 Å². The van der Waals surface area contributed by atoms with Gasteiger partial charge < -0.3 is 4.90 Å². The molecule has 0 N–H and O–H groups in total. The molecule has 0 radical (unpaired) electrons. The second-order valence-electron chi connectivity index (χ2n) is 23.6. The molecule has 13 rings (SSSR count). The number of fused-ring (bicyclic) bond motifs is 9. The quantitative estimate of drug-likeness (QED) is 0.154. The highest BCUT2D eigenvalue weighted by atomic mass is 15.1. The van der Waals surface area contributed by atoms with E-state index in [1.807, 2.05) is 0 Å². The average Bonchev–Trinajstić information content (AvgIpc) is 4.00. The molecule has 0 saturated carbocycles. The fraction of sp³-hybridized carbons (Fsp3) is 0.178. The van der Waals surface area contributed by atoms with Gasteiger partial charge in [0.2, 0.25) is 0 Å². The molecular weight excluding hydrogens is 891 g/mol. The average molecular weight is 954 g/mol. The zero-order valence-corrected chi connectivity index (χ0v) is 44.0. The molecule has 0 amide bonds. The van der Waals surface area contributed by atoms with Crippen molar-refractivity contribution in [3.05, 3.63) is 303 Å². The first-order chi connectivity index (χ1) is 35.7. The second-order valence-corrected chi connectivity index (χ2v) is 23.6. The first-order valence-electron chi connectivity index (χ1n) is 26.6. The number of rotatable bonds is 7. The van der Waals surface area contributed by atoms with Crippen LogP contribution in [0.1, 0.15) is 122 Å². The Hall–Kier alpha value is -8.00. The Balaban J connectivity index is 1.08. The predicted octanol–water partition coefficient (Wildman–Crippen LogP) is 18.8. The van der Waals surface area contributed by atoms with Crippen LogP contribution < -0.4 is 4.90 Å². The van der Waals surface area contributed by atoms with Gasteiger partial charge in [0.1, 0.15) is 0 Å². The van der Waals surface area contributed by atoms with E-state index in [0.717, 1.165) is 17.1 Å². The molecule has 2 unspecified atom stereocenters. The summed E-state index contributed by atoms with van der Waals surface area (Å²) < 4.78 is 0. The van der Waals surface area contributed by atoms with Crippen molar-refractivity contribution in [1.82, 2.24) is 0 Å². The van der Waals surface area contributed by atoms with Gasteiger partial charge in [-0.15, -0.1) is 0 Å². The Morgan fingerprint density at radius 1 is 0.270 bits per heavy atom. The summed E-state index contributed by atoms with van der Waals surface area (Å²) in [6, 6.07) is 90.3. The Bertz CT molecular complexity index is 3640. The van der Waals surface area contributed by atoms with Crippen molar-refractivity contribution in [3.63, 3.8) is 0 Å². The highest BCUT2D eigenvalue weighted by Crippen LogP contribution is 2.60. The number of benzene rings is 10. The van der Waals surface area contributed by atoms with E-state index in [4.69, 9.17) is 0 Å². The van der Waals surface area contributed by atoms with Crippen LogP contribution >= 0.6 is 0 Å². The molecule has 3 aliphatic rings. The lowest BCUT2D eigenvalue weighted by atomic mass is 9.66. The minimum Gasteiger partial charge on any atom is -0.310 e. The molecule has 0 aromatic heterocycles. The number of hydrogen-bond acceptors (Lipinski definition) is 1. The van der Waals surface area contributed by atoms with Crippen molar-refractivity contribution in [1.29, 1.82) is 0 Å². The molecular formula is C73H63N. The third-order valence-corrected chi connectivity index (χ3v) is 17.4. The van der Waals surface area contributed by atoms with E-state index in [2.05, 4.69) is 297 Å². The van der Waals surface area contributed by atoms with Gasteiger partial charge in [0, 0.05) is 27.9 Å². The number of anilines is 3. The molecule has 3 aliphatic carbocycles. The first kappa shape index (κ1) is 45.8. The minimum absolute atomic E-state index is 0.0304. The van der Waals surface area contributed by atoms with Gasteiger partial charge in [0.25, 0.3) is 0 Å². The van der Waals surface area contributed by atoms with E-state index in [9.17, 15) is 0 Å². The highest BCUT2D eigenvalue weighted by Gasteiger charge is 2.48. The van der Waals surface area contributed by atoms with Crippen molar-refractivity contribution in [2.45, 2.75) is 82.5 Å². The molecule has 0 bridgehead atoms. The van der Waals surface area contributed by atoms with Crippen LogP contribution in [0.4, 0.5) is 17.1 Å². The molecule has 0 saturated heterocycles. The zero-order valence-electron chi connectivity index (χ0n) is 44.0. The summed E-state index contributed by atoms with van der Waals surface area (Å²) in [6.07, 6.45) is 0. The maximum atomic E-state index is 2.55. The minimum atomic E-state index is -0.564. The standard InChI is InChI=1S/C73H63N/c1-69(2,3)50-27-21-29-52(43-50)73(53-30-22-28-51(44-53)70(4,5)6)65-36-20-17-33-59(65)62-45-54(39-42-66(62)73)74(55-37-40-60-57-31-15-18-34-63(57)71(7,67(60)46-55)48-23-11-9-12-24-48)56-38-41-61-58-32-16-19-35-64(58)72(8,68(61)47-56)49-25-13-10-14-26-49/h9-47H,1-8H3. The van der Waals surface area contributed by atoms with E-state index in [1.54, 1.807) is 0 Å². The molecule has 10 aromatic carbocycles. The smallest absolute Gasteiger partial charge is 0.0713 e. The largest absolute Gasteiger partial charge is 0.310 e. The Kier molecular flexibility index (Phi) is 10.2. The van der Waals surface area contributed by atoms with Crippen LogP contribution in [0.3, 0.4) is 0 Å². The topological polar surface area (TPSA) is 3.24 Å². The summed E-state index contributed by atoms with van der Waals surface area (Å²) in [4.78, 5) is 2.55. The third-order valence-electron chi connectivity index (χ3n) is 17.4. The molecule has 1 heteroatoms. The summed E-state index contributed by atoms with van der Waals surface area (Å²) in [5.41, 5.74) is 25.5. The lowest BCUT2D eigenvalue weighted by Gasteiger charge is -2.36. The maximum Gasteiger partial charge on any atom is 0.0713 e. The molecule has 0 fully saturated rings. The van der Waals surface area contributed by atoms with Crippen molar-refractivity contribution in [2.75, 3.05) is 4.90 Å². The molecule has 2 atom stereocenters. The normalized spacial score (nSPS) is 17.7. The maximum absolute atomic E-state index is 2.55.